The zero-order valence-corrected chi connectivity index (χ0v) is 19.6. The molecule has 2 N–H and O–H groups in total. The van der Waals surface area contributed by atoms with Gasteiger partial charge in [0.2, 0.25) is 5.91 Å². The van der Waals surface area contributed by atoms with Crippen LogP contribution in [0.2, 0.25) is 0 Å². The van der Waals surface area contributed by atoms with E-state index in [2.05, 4.69) is 17.6 Å². The van der Waals surface area contributed by atoms with E-state index < -0.39 is 35.0 Å². The number of benzene rings is 1. The predicted molar refractivity (Wildman–Crippen MR) is 118 cm³/mol. The van der Waals surface area contributed by atoms with Crippen molar-refractivity contribution in [3.63, 3.8) is 0 Å². The molecule has 1 heterocycles. The topological polar surface area (TPSA) is 61.4 Å². The monoisotopic (exact) mass is 507 g/mol. The maximum atomic E-state index is 13.0. The lowest BCUT2D eigenvalue weighted by Gasteiger charge is -2.34. The van der Waals surface area contributed by atoms with Crippen LogP contribution in [-0.4, -0.2) is 48.9 Å². The van der Waals surface area contributed by atoms with Gasteiger partial charge in [-0.3, -0.25) is 9.59 Å². The van der Waals surface area contributed by atoms with Gasteiger partial charge in [0.1, 0.15) is 0 Å². The fourth-order valence-corrected chi connectivity index (χ4v) is 4.76. The first-order valence-electron chi connectivity index (χ1n) is 11.9. The van der Waals surface area contributed by atoms with Gasteiger partial charge in [0.05, 0.1) is 17.7 Å². The summed E-state index contributed by atoms with van der Waals surface area (Å²) < 4.78 is 78.1. The smallest absolute Gasteiger partial charge is 0.352 e. The molecule has 0 radical (unpaired) electrons. The number of likely N-dealkylation sites (tertiary alicyclic amines) is 1. The van der Waals surface area contributed by atoms with Crippen molar-refractivity contribution < 1.29 is 35.9 Å². The molecule has 0 spiro atoms. The third-order valence-corrected chi connectivity index (χ3v) is 7.00. The molecule has 196 valence electrons. The number of carbonyl (C=O) groups is 2. The number of rotatable bonds is 6. The summed E-state index contributed by atoms with van der Waals surface area (Å²) >= 11 is 0. The van der Waals surface area contributed by atoms with Crippen LogP contribution in [-0.2, 0) is 17.1 Å². The van der Waals surface area contributed by atoms with Crippen molar-refractivity contribution in [1.29, 1.82) is 0 Å². The molecule has 1 saturated heterocycles. The molecule has 2 fully saturated rings. The summed E-state index contributed by atoms with van der Waals surface area (Å²) in [6.45, 7) is 3.54. The third-order valence-electron chi connectivity index (χ3n) is 7.00. The van der Waals surface area contributed by atoms with Crippen molar-refractivity contribution in [3.8, 4) is 0 Å². The van der Waals surface area contributed by atoms with Crippen molar-refractivity contribution >= 4 is 11.8 Å². The Balaban J connectivity index is 1.49. The fourth-order valence-electron chi connectivity index (χ4n) is 4.76. The van der Waals surface area contributed by atoms with Crippen LogP contribution >= 0.6 is 0 Å². The van der Waals surface area contributed by atoms with Crippen LogP contribution < -0.4 is 10.6 Å². The minimum absolute atomic E-state index is 0.00665. The van der Waals surface area contributed by atoms with Crippen LogP contribution in [0.25, 0.3) is 0 Å². The molecule has 0 aromatic heterocycles. The van der Waals surface area contributed by atoms with Gasteiger partial charge in [-0.1, -0.05) is 19.8 Å². The average Bonchev–Trinajstić information content (AvgIpc) is 2.80. The zero-order chi connectivity index (χ0) is 25.8. The maximum Gasteiger partial charge on any atom is 0.416 e. The Morgan fingerprint density at radius 1 is 0.914 bits per heavy atom. The molecule has 11 heteroatoms. The third kappa shape index (κ3) is 7.59. The minimum Gasteiger partial charge on any atom is -0.352 e. The summed E-state index contributed by atoms with van der Waals surface area (Å²) in [5, 5.41) is 5.81. The second kappa shape index (κ2) is 11.2. The number of piperidine rings is 1. The van der Waals surface area contributed by atoms with E-state index in [4.69, 9.17) is 0 Å². The Kier molecular flexibility index (Phi) is 8.72. The highest BCUT2D eigenvalue weighted by Gasteiger charge is 2.37. The molecule has 0 bridgehead atoms. The summed E-state index contributed by atoms with van der Waals surface area (Å²) in [4.78, 5) is 26.7. The largest absolute Gasteiger partial charge is 0.416 e. The summed E-state index contributed by atoms with van der Waals surface area (Å²) in [6.07, 6.45) is -4.27. The van der Waals surface area contributed by atoms with E-state index in [0.717, 1.165) is 19.3 Å². The lowest BCUT2D eigenvalue weighted by Crippen LogP contribution is -2.47. The van der Waals surface area contributed by atoms with Crippen molar-refractivity contribution in [2.45, 2.75) is 63.8 Å². The Morgan fingerprint density at radius 3 is 2.03 bits per heavy atom. The molecule has 2 atom stereocenters. The quantitative estimate of drug-likeness (QED) is 0.541. The van der Waals surface area contributed by atoms with Gasteiger partial charge in [-0.15, -0.1) is 0 Å². The van der Waals surface area contributed by atoms with Crippen molar-refractivity contribution in [2.24, 2.45) is 11.8 Å². The number of halogens is 6. The first kappa shape index (κ1) is 27.3. The molecule has 5 nitrogen and oxygen atoms in total. The SMILES string of the molecule is CC1CCCCC1NCC(=O)N1CCC(CNC(=O)c2cc(C(F)(F)F)cc(C(F)(F)F)c2)CC1. The van der Waals surface area contributed by atoms with Gasteiger partial charge < -0.3 is 15.5 Å². The molecule has 1 saturated carbocycles. The second-order valence-electron chi connectivity index (χ2n) is 9.58. The van der Waals surface area contributed by atoms with Crippen LogP contribution in [0.3, 0.4) is 0 Å². The number of carbonyl (C=O) groups excluding carboxylic acids is 2. The molecule has 2 aliphatic rings. The predicted octanol–water partition coefficient (Wildman–Crippen LogP) is 4.86. The average molecular weight is 508 g/mol. The van der Waals surface area contributed by atoms with Crippen LogP contribution in [0.4, 0.5) is 26.3 Å². The Bertz CT molecular complexity index is 862. The normalized spacial score (nSPS) is 22.2. The fraction of sp³-hybridized carbons (Fsp3) is 0.667. The van der Waals surface area contributed by atoms with E-state index >= 15 is 0 Å². The number of hydrogen-bond donors (Lipinski definition) is 2. The van der Waals surface area contributed by atoms with E-state index in [0.29, 0.717) is 50.0 Å². The minimum atomic E-state index is -5.01. The van der Waals surface area contributed by atoms with Crippen LogP contribution in [0, 0.1) is 11.8 Å². The van der Waals surface area contributed by atoms with Gasteiger partial charge in [0.25, 0.3) is 5.91 Å². The summed E-state index contributed by atoms with van der Waals surface area (Å²) in [5.41, 5.74) is -3.75. The molecule has 35 heavy (non-hydrogen) atoms. The van der Waals surface area contributed by atoms with E-state index in [9.17, 15) is 35.9 Å². The van der Waals surface area contributed by atoms with Crippen molar-refractivity contribution in [3.05, 3.63) is 34.9 Å². The van der Waals surface area contributed by atoms with E-state index in [-0.39, 0.29) is 31.0 Å². The van der Waals surface area contributed by atoms with Crippen LogP contribution in [0.5, 0.6) is 0 Å². The molecule has 1 aliphatic carbocycles. The number of nitrogens with one attached hydrogen (secondary N) is 2. The first-order valence-corrected chi connectivity index (χ1v) is 11.9. The Hall–Kier alpha value is -2.30. The highest BCUT2D eigenvalue weighted by Crippen LogP contribution is 2.36. The highest BCUT2D eigenvalue weighted by molar-refractivity contribution is 5.94. The molecular weight excluding hydrogens is 476 g/mol. The van der Waals surface area contributed by atoms with E-state index in [1.54, 1.807) is 4.90 Å². The lowest BCUT2D eigenvalue weighted by atomic mass is 9.86. The number of alkyl halides is 6. The Labute approximate surface area is 200 Å². The van der Waals surface area contributed by atoms with Crippen LogP contribution in [0.1, 0.15) is 66.9 Å². The standard InChI is InChI=1S/C24H31F6N3O2/c1-15-4-2-3-5-20(15)31-14-21(34)33-8-6-16(7-9-33)13-32-22(35)17-10-18(23(25,26)27)12-19(11-17)24(28,29)30/h10-12,15-16,20,31H,2-9,13-14H2,1H3,(H,32,35). The highest BCUT2D eigenvalue weighted by atomic mass is 19.4. The first-order chi connectivity index (χ1) is 16.3. The van der Waals surface area contributed by atoms with Gasteiger partial charge in [-0.05, 0) is 55.7 Å². The molecular formula is C24H31F6N3O2. The summed E-state index contributed by atoms with van der Waals surface area (Å²) in [7, 11) is 0. The molecule has 1 aromatic rings. The maximum absolute atomic E-state index is 13.0. The summed E-state index contributed by atoms with van der Waals surface area (Å²) in [5.74, 6) is -0.475. The molecule has 1 aliphatic heterocycles. The van der Waals surface area contributed by atoms with E-state index in [1.165, 1.54) is 6.42 Å². The van der Waals surface area contributed by atoms with Crippen molar-refractivity contribution in [1.82, 2.24) is 15.5 Å². The van der Waals surface area contributed by atoms with Gasteiger partial charge in [-0.25, -0.2) is 0 Å². The van der Waals surface area contributed by atoms with Crippen LogP contribution in [0.15, 0.2) is 18.2 Å². The number of nitrogens with zero attached hydrogens (tertiary/aromatic N) is 1. The van der Waals surface area contributed by atoms with Gasteiger partial charge in [0.15, 0.2) is 0 Å². The lowest BCUT2D eigenvalue weighted by molar-refractivity contribution is -0.143. The molecule has 1 aromatic carbocycles. The number of amides is 2. The number of hydrogen-bond acceptors (Lipinski definition) is 3. The molecule has 2 amide bonds. The van der Waals surface area contributed by atoms with Gasteiger partial charge >= 0.3 is 12.4 Å². The van der Waals surface area contributed by atoms with Gasteiger partial charge in [0, 0.05) is 31.2 Å². The van der Waals surface area contributed by atoms with E-state index in [1.807, 2.05) is 0 Å². The molecule has 3 rings (SSSR count). The Morgan fingerprint density at radius 2 is 1.49 bits per heavy atom. The summed E-state index contributed by atoms with van der Waals surface area (Å²) in [6, 6.07) is 1.18. The second-order valence-corrected chi connectivity index (χ2v) is 9.58. The molecule has 2 unspecified atom stereocenters. The van der Waals surface area contributed by atoms with Crippen molar-refractivity contribution in [2.75, 3.05) is 26.2 Å². The van der Waals surface area contributed by atoms with Gasteiger partial charge in [-0.2, -0.15) is 26.3 Å². The zero-order valence-electron chi connectivity index (χ0n) is 19.6.